The van der Waals surface area contributed by atoms with E-state index in [1.807, 2.05) is 42.5 Å². The molecule has 1 aliphatic heterocycles. The van der Waals surface area contributed by atoms with Crippen LogP contribution in [0.5, 0.6) is 11.5 Å². The second-order valence-corrected chi connectivity index (χ2v) is 10.9. The van der Waals surface area contributed by atoms with Gasteiger partial charge in [0.1, 0.15) is 13.2 Å². The average Bonchev–Trinajstić information content (AvgIpc) is 3.70. The van der Waals surface area contributed by atoms with Crippen LogP contribution < -0.4 is 19.7 Å². The van der Waals surface area contributed by atoms with Crippen LogP contribution in [0.4, 0.5) is 10.8 Å². The monoisotopic (exact) mass is 569 g/mol. The lowest BCUT2D eigenvalue weighted by molar-refractivity contribution is -0.140. The van der Waals surface area contributed by atoms with Gasteiger partial charge in [-0.1, -0.05) is 18.2 Å². The van der Waals surface area contributed by atoms with E-state index in [2.05, 4.69) is 38.5 Å². The van der Waals surface area contributed by atoms with E-state index in [9.17, 15) is 9.59 Å². The van der Waals surface area contributed by atoms with Crippen molar-refractivity contribution in [3.8, 4) is 22.8 Å². The number of nitrogens with zero attached hydrogens (tertiary/aromatic N) is 2. The van der Waals surface area contributed by atoms with Crippen LogP contribution in [-0.4, -0.2) is 43.7 Å². The molecule has 0 atom stereocenters. The molecule has 0 saturated heterocycles. The number of amides is 1. The van der Waals surface area contributed by atoms with E-state index < -0.39 is 0 Å². The maximum absolute atomic E-state index is 12.5. The Bertz CT molecular complexity index is 1570. The van der Waals surface area contributed by atoms with E-state index in [1.54, 1.807) is 11.3 Å². The summed E-state index contributed by atoms with van der Waals surface area (Å²) in [5, 5.41) is 5.72. The SMILES string of the molecule is COC(=O)CCNC(=O)c1ccc(CN(c2ccc3c(c2)CCC3)c2nc(-c3ccc4c(c3)OCCO4)cs2)cc1. The number of benzene rings is 3. The molecule has 41 heavy (non-hydrogen) atoms. The Labute approximate surface area is 242 Å². The molecule has 4 aromatic rings. The number of ether oxygens (including phenoxy) is 3. The smallest absolute Gasteiger partial charge is 0.307 e. The molecule has 0 bridgehead atoms. The second-order valence-electron chi connectivity index (χ2n) is 10.0. The predicted molar refractivity (Wildman–Crippen MR) is 158 cm³/mol. The van der Waals surface area contributed by atoms with Crippen molar-refractivity contribution in [2.75, 3.05) is 31.8 Å². The molecule has 0 radical (unpaired) electrons. The first-order chi connectivity index (χ1) is 20.1. The summed E-state index contributed by atoms with van der Waals surface area (Å²) >= 11 is 1.60. The molecule has 3 aromatic carbocycles. The van der Waals surface area contributed by atoms with E-state index in [4.69, 9.17) is 14.5 Å². The van der Waals surface area contributed by atoms with Crippen LogP contribution in [0.15, 0.2) is 66.0 Å². The van der Waals surface area contributed by atoms with Crippen LogP contribution in [0.2, 0.25) is 0 Å². The molecule has 2 heterocycles. The zero-order valence-electron chi connectivity index (χ0n) is 22.9. The van der Waals surface area contributed by atoms with Gasteiger partial charge in [-0.3, -0.25) is 9.59 Å². The normalized spacial score (nSPS) is 13.4. The quantitative estimate of drug-likeness (QED) is 0.259. The zero-order chi connectivity index (χ0) is 28.2. The van der Waals surface area contributed by atoms with E-state index >= 15 is 0 Å². The first-order valence-electron chi connectivity index (χ1n) is 13.8. The van der Waals surface area contributed by atoms with E-state index in [1.165, 1.54) is 24.7 Å². The largest absolute Gasteiger partial charge is 0.486 e. The van der Waals surface area contributed by atoms with E-state index in [0.29, 0.717) is 25.3 Å². The number of aromatic nitrogens is 1. The Morgan fingerprint density at radius 1 is 0.976 bits per heavy atom. The highest BCUT2D eigenvalue weighted by Crippen LogP contribution is 2.38. The van der Waals surface area contributed by atoms with Crippen molar-refractivity contribution in [2.24, 2.45) is 0 Å². The molecule has 0 unspecified atom stereocenters. The fourth-order valence-corrected chi connectivity index (χ4v) is 6.00. The number of hydrogen-bond donors (Lipinski definition) is 1. The van der Waals surface area contributed by atoms with Crippen molar-refractivity contribution in [3.63, 3.8) is 0 Å². The Morgan fingerprint density at radius 3 is 2.61 bits per heavy atom. The van der Waals surface area contributed by atoms with Gasteiger partial charge in [0.05, 0.1) is 25.8 Å². The summed E-state index contributed by atoms with van der Waals surface area (Å²) in [6.45, 7) is 1.93. The number of rotatable bonds is 9. The molecule has 1 aromatic heterocycles. The van der Waals surface area contributed by atoms with Gasteiger partial charge >= 0.3 is 5.97 Å². The Morgan fingerprint density at radius 2 is 1.78 bits per heavy atom. The topological polar surface area (TPSA) is 90.0 Å². The lowest BCUT2D eigenvalue weighted by Crippen LogP contribution is -2.26. The van der Waals surface area contributed by atoms with Gasteiger partial charge < -0.3 is 24.4 Å². The molecule has 0 fully saturated rings. The summed E-state index contributed by atoms with van der Waals surface area (Å²) in [5.41, 5.74) is 7.37. The molecule has 1 N–H and O–H groups in total. The van der Waals surface area contributed by atoms with Gasteiger partial charge in [0.25, 0.3) is 5.91 Å². The summed E-state index contributed by atoms with van der Waals surface area (Å²) < 4.78 is 16.1. The molecule has 0 spiro atoms. The average molecular weight is 570 g/mol. The van der Waals surface area contributed by atoms with Crippen LogP contribution >= 0.6 is 11.3 Å². The van der Waals surface area contributed by atoms with Crippen LogP contribution in [-0.2, 0) is 28.9 Å². The Kier molecular flexibility index (Phi) is 7.86. The minimum Gasteiger partial charge on any atom is -0.486 e. The number of fused-ring (bicyclic) bond motifs is 2. The maximum Gasteiger partial charge on any atom is 0.307 e. The van der Waals surface area contributed by atoms with Gasteiger partial charge in [-0.2, -0.15) is 0 Å². The van der Waals surface area contributed by atoms with Crippen molar-refractivity contribution in [3.05, 3.63) is 88.3 Å². The number of esters is 1. The standard InChI is InChI=1S/C32H31N3O5S/c1-38-30(36)13-14-33-31(37)23-7-5-21(6-8-23)19-35(26-11-9-22-3-2-4-24(22)17-26)32-34-27(20-41-32)25-10-12-28-29(18-25)40-16-15-39-28/h5-12,17-18,20H,2-4,13-16,19H2,1H3,(H,33,37). The molecule has 2 aliphatic rings. The molecule has 9 heteroatoms. The van der Waals surface area contributed by atoms with Gasteiger partial charge in [-0.25, -0.2) is 4.98 Å². The van der Waals surface area contributed by atoms with Gasteiger partial charge in [0.15, 0.2) is 16.6 Å². The molecule has 6 rings (SSSR count). The summed E-state index contributed by atoms with van der Waals surface area (Å²) in [4.78, 5) is 31.1. The highest BCUT2D eigenvalue weighted by Gasteiger charge is 2.20. The molecule has 1 aliphatic carbocycles. The fraction of sp³-hybridized carbons (Fsp3) is 0.281. The number of anilines is 2. The van der Waals surface area contributed by atoms with Crippen molar-refractivity contribution >= 4 is 34.0 Å². The van der Waals surface area contributed by atoms with Crippen LogP contribution in [0.3, 0.4) is 0 Å². The van der Waals surface area contributed by atoms with Crippen molar-refractivity contribution in [2.45, 2.75) is 32.2 Å². The minimum absolute atomic E-state index is 0.137. The van der Waals surface area contributed by atoms with E-state index in [-0.39, 0.29) is 24.8 Å². The molecule has 210 valence electrons. The minimum atomic E-state index is -0.355. The van der Waals surface area contributed by atoms with Gasteiger partial charge in [0, 0.05) is 28.7 Å². The second kappa shape index (κ2) is 12.0. The third kappa shape index (κ3) is 6.05. The summed E-state index contributed by atoms with van der Waals surface area (Å²) in [6.07, 6.45) is 3.55. The van der Waals surface area contributed by atoms with Crippen LogP contribution in [0.25, 0.3) is 11.3 Å². The third-order valence-electron chi connectivity index (χ3n) is 7.35. The number of hydrogen-bond acceptors (Lipinski definition) is 8. The molecular formula is C32H31N3O5S. The number of carbonyl (C=O) groups excluding carboxylic acids is 2. The van der Waals surface area contributed by atoms with Gasteiger partial charge in [0.2, 0.25) is 0 Å². The molecule has 0 saturated carbocycles. The van der Waals surface area contributed by atoms with Crippen LogP contribution in [0, 0.1) is 0 Å². The molecule has 8 nitrogen and oxygen atoms in total. The highest BCUT2D eigenvalue weighted by atomic mass is 32.1. The number of methoxy groups -OCH3 is 1. The third-order valence-corrected chi connectivity index (χ3v) is 8.22. The summed E-state index contributed by atoms with van der Waals surface area (Å²) in [5.74, 6) is 0.926. The first kappa shape index (κ1) is 26.8. The van der Waals surface area contributed by atoms with E-state index in [0.717, 1.165) is 52.0 Å². The maximum atomic E-state index is 12.5. The van der Waals surface area contributed by atoms with Crippen molar-refractivity contribution < 1.29 is 23.8 Å². The lowest BCUT2D eigenvalue weighted by atomic mass is 10.1. The Balaban J connectivity index is 1.24. The summed E-state index contributed by atoms with van der Waals surface area (Å²) in [7, 11) is 1.33. The predicted octanol–water partition coefficient (Wildman–Crippen LogP) is 5.70. The van der Waals surface area contributed by atoms with Crippen molar-refractivity contribution in [1.29, 1.82) is 0 Å². The Hall–Kier alpha value is -4.37. The number of carbonyl (C=O) groups is 2. The number of aryl methyl sites for hydroxylation is 2. The molecule has 1 amide bonds. The lowest BCUT2D eigenvalue weighted by Gasteiger charge is -2.23. The fourth-order valence-electron chi connectivity index (χ4n) is 5.15. The van der Waals surface area contributed by atoms with Gasteiger partial charge in [-0.05, 0) is 78.4 Å². The zero-order valence-corrected chi connectivity index (χ0v) is 23.7. The molecular weight excluding hydrogens is 538 g/mol. The first-order valence-corrected chi connectivity index (χ1v) is 14.6. The number of nitrogens with one attached hydrogen (secondary N) is 1. The summed E-state index contributed by atoms with van der Waals surface area (Å²) in [6, 6.07) is 20.2. The van der Waals surface area contributed by atoms with Gasteiger partial charge in [-0.15, -0.1) is 11.3 Å². The van der Waals surface area contributed by atoms with Crippen LogP contribution in [0.1, 0.15) is 39.9 Å². The van der Waals surface area contributed by atoms with Crippen molar-refractivity contribution in [1.82, 2.24) is 10.3 Å². The number of thiazole rings is 1. The highest BCUT2D eigenvalue weighted by molar-refractivity contribution is 7.14.